The van der Waals surface area contributed by atoms with Crippen molar-refractivity contribution in [3.63, 3.8) is 0 Å². The molecule has 0 saturated carbocycles. The zero-order chi connectivity index (χ0) is 23.5. The second-order valence-electron chi connectivity index (χ2n) is 6.90. The third-order valence-corrected chi connectivity index (χ3v) is 6.13. The summed E-state index contributed by atoms with van der Waals surface area (Å²) in [4.78, 5) is 27.6. The van der Waals surface area contributed by atoms with Crippen LogP contribution in [0.1, 0.15) is 11.1 Å². The van der Waals surface area contributed by atoms with Crippen molar-refractivity contribution in [1.82, 2.24) is 9.66 Å². The van der Waals surface area contributed by atoms with E-state index in [0.717, 1.165) is 13.8 Å². The lowest BCUT2D eigenvalue weighted by Gasteiger charge is -2.14. The van der Waals surface area contributed by atoms with E-state index in [1.807, 2.05) is 0 Å². The maximum Gasteiger partial charge on any atom is 0.349 e. The number of methoxy groups -OCH3 is 1. The van der Waals surface area contributed by atoms with Crippen molar-refractivity contribution in [2.45, 2.75) is 6.61 Å². The van der Waals surface area contributed by atoms with Gasteiger partial charge in [-0.25, -0.2) is 4.79 Å². The number of H-pyrrole nitrogens is 1. The van der Waals surface area contributed by atoms with Gasteiger partial charge < -0.3 is 14.5 Å². The van der Waals surface area contributed by atoms with Gasteiger partial charge in [0.2, 0.25) is 0 Å². The van der Waals surface area contributed by atoms with Gasteiger partial charge in [-0.15, -0.1) is 4.68 Å². The molecule has 0 spiro atoms. The summed E-state index contributed by atoms with van der Waals surface area (Å²) in [7, 11) is 1.52. The van der Waals surface area contributed by atoms with E-state index in [1.54, 1.807) is 54.6 Å². The highest BCUT2D eigenvalue weighted by molar-refractivity contribution is 14.1. The Kier molecular flexibility index (Phi) is 7.06. The lowest BCUT2D eigenvalue weighted by Crippen LogP contribution is -2.32. The third-order valence-electron chi connectivity index (χ3n) is 4.74. The average molecular weight is 596 g/mol. The SMILES string of the molecule is COc1cc(C=Nn2c(=O)[nH]c3ccccc3c2=O)cc(I)c1OCc1ccc(Cl)cc1Cl. The van der Waals surface area contributed by atoms with Crippen LogP contribution in [0.2, 0.25) is 10.0 Å². The molecular weight excluding hydrogens is 580 g/mol. The van der Waals surface area contributed by atoms with Crippen molar-refractivity contribution in [3.05, 3.63) is 100 Å². The highest BCUT2D eigenvalue weighted by Crippen LogP contribution is 2.35. The van der Waals surface area contributed by atoms with Gasteiger partial charge >= 0.3 is 5.69 Å². The first-order valence-electron chi connectivity index (χ1n) is 9.60. The molecule has 0 radical (unpaired) electrons. The predicted molar refractivity (Wildman–Crippen MR) is 138 cm³/mol. The summed E-state index contributed by atoms with van der Waals surface area (Å²) in [6.45, 7) is 0.220. The lowest BCUT2D eigenvalue weighted by atomic mass is 10.2. The molecule has 33 heavy (non-hydrogen) atoms. The van der Waals surface area contributed by atoms with Gasteiger partial charge in [0.25, 0.3) is 5.56 Å². The van der Waals surface area contributed by atoms with Crippen LogP contribution in [0.4, 0.5) is 0 Å². The smallest absolute Gasteiger partial charge is 0.349 e. The molecule has 168 valence electrons. The Morgan fingerprint density at radius 3 is 2.67 bits per heavy atom. The van der Waals surface area contributed by atoms with Gasteiger partial charge in [0.15, 0.2) is 11.5 Å². The average Bonchev–Trinajstić information content (AvgIpc) is 2.79. The summed E-state index contributed by atoms with van der Waals surface area (Å²) < 4.78 is 13.0. The molecule has 0 fully saturated rings. The van der Waals surface area contributed by atoms with Crippen molar-refractivity contribution in [2.75, 3.05) is 7.11 Å². The predicted octanol–water partition coefficient (Wildman–Crippen LogP) is 5.07. The number of halogens is 3. The van der Waals surface area contributed by atoms with Crippen LogP contribution in [0, 0.1) is 3.57 Å². The topological polar surface area (TPSA) is 85.7 Å². The molecule has 3 aromatic carbocycles. The molecule has 4 aromatic rings. The van der Waals surface area contributed by atoms with E-state index in [4.69, 9.17) is 32.7 Å². The summed E-state index contributed by atoms with van der Waals surface area (Å²) in [5, 5.41) is 5.51. The van der Waals surface area contributed by atoms with Crippen molar-refractivity contribution in [2.24, 2.45) is 5.10 Å². The van der Waals surface area contributed by atoms with Gasteiger partial charge in [-0.1, -0.05) is 41.4 Å². The van der Waals surface area contributed by atoms with Gasteiger partial charge in [-0.2, -0.15) is 5.10 Å². The quantitative estimate of drug-likeness (QED) is 0.249. The summed E-state index contributed by atoms with van der Waals surface area (Å²) in [6.07, 6.45) is 1.41. The van der Waals surface area contributed by atoms with Crippen molar-refractivity contribution in [3.8, 4) is 11.5 Å². The summed E-state index contributed by atoms with van der Waals surface area (Å²) >= 11 is 14.3. The number of ether oxygens (including phenoxy) is 2. The van der Waals surface area contributed by atoms with E-state index in [2.05, 4.69) is 32.7 Å². The number of benzene rings is 3. The van der Waals surface area contributed by atoms with Crippen LogP contribution in [-0.4, -0.2) is 23.0 Å². The molecule has 4 rings (SSSR count). The fourth-order valence-corrected chi connectivity index (χ4v) is 4.37. The first-order valence-corrected chi connectivity index (χ1v) is 11.4. The number of aromatic amines is 1. The van der Waals surface area contributed by atoms with Crippen LogP contribution in [0.5, 0.6) is 11.5 Å². The fourth-order valence-electron chi connectivity index (χ4n) is 3.13. The van der Waals surface area contributed by atoms with Crippen molar-refractivity contribution >= 4 is 62.9 Å². The van der Waals surface area contributed by atoms with Crippen LogP contribution in [0.15, 0.2) is 69.3 Å². The highest BCUT2D eigenvalue weighted by Gasteiger charge is 2.13. The highest BCUT2D eigenvalue weighted by atomic mass is 127. The largest absolute Gasteiger partial charge is 0.493 e. The first-order chi connectivity index (χ1) is 15.9. The van der Waals surface area contributed by atoms with Gasteiger partial charge in [0.05, 0.1) is 27.8 Å². The molecule has 0 amide bonds. The van der Waals surface area contributed by atoms with Crippen molar-refractivity contribution < 1.29 is 9.47 Å². The first kappa shape index (κ1) is 23.3. The standard InChI is InChI=1S/C23H16Cl2IN3O4/c1-32-20-9-13(8-18(26)21(20)33-12-14-6-7-15(24)10-17(14)25)11-27-29-22(30)16-4-2-3-5-19(16)28-23(29)31/h2-11H,12H2,1H3,(H,28,31). The molecule has 0 saturated heterocycles. The molecule has 0 aliphatic carbocycles. The van der Waals surface area contributed by atoms with Gasteiger partial charge in [0, 0.05) is 15.6 Å². The van der Waals surface area contributed by atoms with Gasteiger partial charge in [0.1, 0.15) is 6.61 Å². The molecule has 0 aliphatic rings. The summed E-state index contributed by atoms with van der Waals surface area (Å²) in [6, 6.07) is 15.4. The van der Waals surface area contributed by atoms with Crippen LogP contribution in [0.3, 0.4) is 0 Å². The Labute approximate surface area is 211 Å². The van der Waals surface area contributed by atoms with E-state index in [-0.39, 0.29) is 6.61 Å². The number of fused-ring (bicyclic) bond motifs is 1. The van der Waals surface area contributed by atoms with E-state index < -0.39 is 11.2 Å². The van der Waals surface area contributed by atoms with Crippen LogP contribution in [-0.2, 0) is 6.61 Å². The molecule has 0 unspecified atom stereocenters. The summed E-state index contributed by atoms with van der Waals surface area (Å²) in [5.74, 6) is 0.996. The third kappa shape index (κ3) is 5.07. The molecule has 1 aromatic heterocycles. The van der Waals surface area contributed by atoms with Crippen LogP contribution >= 0.6 is 45.8 Å². The molecule has 10 heteroatoms. The minimum atomic E-state index is -0.628. The second-order valence-corrected chi connectivity index (χ2v) is 8.90. The zero-order valence-corrected chi connectivity index (χ0v) is 20.8. The number of nitrogens with zero attached hydrogens (tertiary/aromatic N) is 2. The zero-order valence-electron chi connectivity index (χ0n) is 17.1. The lowest BCUT2D eigenvalue weighted by molar-refractivity contribution is 0.282. The van der Waals surface area contributed by atoms with Crippen LogP contribution < -0.4 is 20.7 Å². The van der Waals surface area contributed by atoms with Gasteiger partial charge in [-0.3, -0.25) is 4.79 Å². The van der Waals surface area contributed by atoms with Crippen LogP contribution in [0.25, 0.3) is 10.9 Å². The van der Waals surface area contributed by atoms with E-state index in [1.165, 1.54) is 13.3 Å². The maximum atomic E-state index is 12.6. The van der Waals surface area contributed by atoms with E-state index >= 15 is 0 Å². The van der Waals surface area contributed by atoms with Gasteiger partial charge in [-0.05, 0) is 64.6 Å². The normalized spacial score (nSPS) is 11.3. The number of para-hydroxylation sites is 1. The Morgan fingerprint density at radius 2 is 1.91 bits per heavy atom. The summed E-state index contributed by atoms with van der Waals surface area (Å²) in [5.41, 5.74) is 0.716. The molecule has 0 bridgehead atoms. The molecule has 7 nitrogen and oxygen atoms in total. The minimum Gasteiger partial charge on any atom is -0.493 e. The minimum absolute atomic E-state index is 0.220. The number of aromatic nitrogens is 2. The fraction of sp³-hybridized carbons (Fsp3) is 0.0870. The molecule has 1 N–H and O–H groups in total. The van der Waals surface area contributed by atoms with Crippen molar-refractivity contribution in [1.29, 1.82) is 0 Å². The maximum absolute atomic E-state index is 12.6. The Hall–Kier alpha value is -2.82. The number of nitrogens with one attached hydrogen (secondary N) is 1. The Balaban J connectivity index is 1.63. The number of hydrogen-bond acceptors (Lipinski definition) is 5. The van der Waals surface area contributed by atoms with E-state index in [9.17, 15) is 9.59 Å². The molecule has 0 aliphatic heterocycles. The molecule has 0 atom stereocenters. The monoisotopic (exact) mass is 595 g/mol. The Morgan fingerprint density at radius 1 is 1.12 bits per heavy atom. The van der Waals surface area contributed by atoms with E-state index in [0.29, 0.717) is 38.0 Å². The molecular formula is C23H16Cl2IN3O4. The second kappa shape index (κ2) is 9.98. The number of hydrogen-bond donors (Lipinski definition) is 1. The molecule has 1 heterocycles. The number of rotatable bonds is 6. The Bertz CT molecular complexity index is 1500.